The smallest absolute Gasteiger partial charge is 0.341 e. The molecule has 0 saturated carbocycles. The maximum absolute atomic E-state index is 13.6. The Kier molecular flexibility index (Phi) is 13.9. The Hall–Kier alpha value is -6.39. The molecule has 0 aliphatic carbocycles. The maximum atomic E-state index is 13.6. The van der Waals surface area contributed by atoms with Crippen LogP contribution in [0.1, 0.15) is 97.1 Å². The summed E-state index contributed by atoms with van der Waals surface area (Å²) >= 11 is 0. The fourth-order valence-corrected chi connectivity index (χ4v) is 6.25. The highest BCUT2D eigenvalue weighted by Crippen LogP contribution is 2.39. The van der Waals surface area contributed by atoms with Crippen LogP contribution >= 0.6 is 0 Å². The van der Waals surface area contributed by atoms with E-state index in [0.29, 0.717) is 53.5 Å². The molecule has 2 aliphatic rings. The third kappa shape index (κ3) is 9.89. The number of fused-ring (bicyclic) bond motifs is 4. The van der Waals surface area contributed by atoms with Gasteiger partial charge in [-0.3, -0.25) is 9.59 Å². The minimum Gasteiger partial charge on any atom is -0.465 e. The Labute approximate surface area is 327 Å². The zero-order chi connectivity index (χ0) is 41.2. The second-order valence-corrected chi connectivity index (χ2v) is 13.8. The van der Waals surface area contributed by atoms with Gasteiger partial charge < -0.3 is 9.47 Å². The number of carbonyl (C=O) groups excluding carboxylic acids is 4. The summed E-state index contributed by atoms with van der Waals surface area (Å²) in [4.78, 5) is 52.2. The number of pyridine rings is 1. The van der Waals surface area contributed by atoms with E-state index in [2.05, 4.69) is 35.8 Å². The summed E-state index contributed by atoms with van der Waals surface area (Å²) in [5.41, 5.74) is 4.58. The number of aryl methyl sites for hydroxylation is 2. The minimum absolute atomic E-state index is 0.0286. The highest BCUT2D eigenvalue weighted by molar-refractivity contribution is 6.21. The maximum Gasteiger partial charge on any atom is 0.341 e. The van der Waals surface area contributed by atoms with Gasteiger partial charge in [0.05, 0.1) is 25.5 Å². The van der Waals surface area contributed by atoms with Crippen LogP contribution in [0.4, 0.5) is 8.78 Å². The predicted molar refractivity (Wildman–Crippen MR) is 202 cm³/mol. The van der Waals surface area contributed by atoms with Gasteiger partial charge in [0.2, 0.25) is 17.4 Å². The van der Waals surface area contributed by atoms with E-state index in [1.54, 1.807) is 35.3 Å². The fourth-order valence-electron chi connectivity index (χ4n) is 6.25. The van der Waals surface area contributed by atoms with Crippen molar-refractivity contribution in [2.45, 2.75) is 78.8 Å². The molecular formula is C40H43F2N9O6. The summed E-state index contributed by atoms with van der Waals surface area (Å²) in [5, 5.41) is 22.8. The number of Topliss-reactive ketones (excluding diaryl/α,β-unsaturated/α-hetero) is 2. The summed E-state index contributed by atoms with van der Waals surface area (Å²) in [7, 11) is 2.57. The number of hydrogen-bond donors (Lipinski definition) is 0. The van der Waals surface area contributed by atoms with Crippen LogP contribution in [0.25, 0.3) is 28.7 Å². The van der Waals surface area contributed by atoms with Crippen molar-refractivity contribution in [3.05, 3.63) is 93.9 Å². The number of aromatic nitrogens is 9. The molecule has 5 aromatic rings. The molecule has 57 heavy (non-hydrogen) atoms. The van der Waals surface area contributed by atoms with Gasteiger partial charge in [-0.15, -0.1) is 10.2 Å². The SMILES string of the molecule is COC(=O)C(=Cc1ccc(F)cc1)C(=O)C(C)C.COC(=O)c1c(C(C)C)nc2c(c1-c1ccc(F)cc1)CCCn1nnnc1-2.O=C1CCCCn2nnnc21. The molecule has 0 amide bonds. The topological polar surface area (TPSA) is 187 Å². The van der Waals surface area contributed by atoms with E-state index < -0.39 is 11.9 Å². The lowest BCUT2D eigenvalue weighted by Gasteiger charge is -2.20. The molecule has 0 radical (unpaired) electrons. The Morgan fingerprint density at radius 3 is 1.96 bits per heavy atom. The van der Waals surface area contributed by atoms with Crippen LogP contribution in [0.3, 0.4) is 0 Å². The number of nitrogens with zero attached hydrogens (tertiary/aromatic N) is 9. The number of halogens is 2. The highest BCUT2D eigenvalue weighted by atomic mass is 19.1. The summed E-state index contributed by atoms with van der Waals surface area (Å²) in [6.45, 7) is 8.76. The number of hydrogen-bond acceptors (Lipinski definition) is 13. The number of benzene rings is 2. The van der Waals surface area contributed by atoms with Crippen molar-refractivity contribution in [3.8, 4) is 22.6 Å². The average molecular weight is 784 g/mol. The van der Waals surface area contributed by atoms with E-state index in [0.717, 1.165) is 42.5 Å². The Morgan fingerprint density at radius 1 is 0.772 bits per heavy atom. The summed E-state index contributed by atoms with van der Waals surface area (Å²) in [6.07, 6.45) is 5.40. The zero-order valence-corrected chi connectivity index (χ0v) is 32.5. The van der Waals surface area contributed by atoms with Gasteiger partial charge in [-0.25, -0.2) is 32.7 Å². The molecule has 3 aromatic heterocycles. The van der Waals surface area contributed by atoms with Crippen molar-refractivity contribution in [3.63, 3.8) is 0 Å². The van der Waals surface area contributed by atoms with Crippen LogP contribution in [-0.4, -0.2) is 83.1 Å². The first kappa shape index (κ1) is 41.8. The number of esters is 2. The van der Waals surface area contributed by atoms with Crippen molar-refractivity contribution in [1.29, 1.82) is 0 Å². The number of tetrazole rings is 2. The van der Waals surface area contributed by atoms with Crippen molar-refractivity contribution < 1.29 is 37.4 Å². The second-order valence-electron chi connectivity index (χ2n) is 13.8. The third-order valence-electron chi connectivity index (χ3n) is 9.12. The van der Waals surface area contributed by atoms with Gasteiger partial charge >= 0.3 is 11.9 Å². The molecule has 0 fully saturated rings. The molecule has 5 heterocycles. The first-order valence-electron chi connectivity index (χ1n) is 18.4. The van der Waals surface area contributed by atoms with E-state index in [9.17, 15) is 28.0 Å². The predicted octanol–water partition coefficient (Wildman–Crippen LogP) is 6.04. The Bertz CT molecular complexity index is 2270. The zero-order valence-electron chi connectivity index (χ0n) is 32.5. The lowest BCUT2D eigenvalue weighted by Crippen LogP contribution is -2.18. The standard InChI is InChI=1S/C20H20FN5O2.C14H15FO3.C6H8N4O/c1-11(2)17-16(20(27)28-3)15(12-6-8-13(21)9-7-12)14-5-4-10-26-19(18(14)22-17)23-24-25-26;1-9(2)13(16)12(14(17)18-3)8-10-4-6-11(15)7-5-10;11-5-3-1-2-4-10-6(5)7-8-9-10/h6-9,11H,4-5,10H2,1-3H3;4-9H,1-3H3;1-4H2. The average Bonchev–Trinajstić information content (AvgIpc) is 3.80. The normalized spacial score (nSPS) is 13.4. The van der Waals surface area contributed by atoms with Gasteiger partial charge in [-0.05, 0) is 99.5 Å². The van der Waals surface area contributed by atoms with Crippen molar-refractivity contribution >= 4 is 29.6 Å². The van der Waals surface area contributed by atoms with Crippen LogP contribution < -0.4 is 0 Å². The molecular weight excluding hydrogens is 740 g/mol. The van der Waals surface area contributed by atoms with Crippen LogP contribution in [0, 0.1) is 17.6 Å². The number of ketones is 2. The molecule has 17 heteroatoms. The first-order valence-corrected chi connectivity index (χ1v) is 18.4. The van der Waals surface area contributed by atoms with E-state index in [-0.39, 0.29) is 40.6 Å². The lowest BCUT2D eigenvalue weighted by atomic mass is 9.87. The molecule has 0 N–H and O–H groups in total. The second kappa shape index (κ2) is 19.0. The molecule has 0 spiro atoms. The molecule has 298 valence electrons. The van der Waals surface area contributed by atoms with Crippen molar-refractivity contribution in [2.75, 3.05) is 14.2 Å². The molecule has 0 atom stereocenters. The van der Waals surface area contributed by atoms with E-state index >= 15 is 0 Å². The van der Waals surface area contributed by atoms with Crippen LogP contribution in [0.2, 0.25) is 0 Å². The van der Waals surface area contributed by atoms with Crippen LogP contribution in [0.5, 0.6) is 0 Å². The summed E-state index contributed by atoms with van der Waals surface area (Å²) < 4.78 is 39.3. The lowest BCUT2D eigenvalue weighted by molar-refractivity contribution is -0.138. The van der Waals surface area contributed by atoms with Gasteiger partial charge in [0.15, 0.2) is 5.78 Å². The summed E-state index contributed by atoms with van der Waals surface area (Å²) in [5.74, 6) is -1.43. The summed E-state index contributed by atoms with van der Waals surface area (Å²) in [6, 6.07) is 11.6. The van der Waals surface area contributed by atoms with E-state index in [1.807, 2.05) is 13.8 Å². The monoisotopic (exact) mass is 783 g/mol. The van der Waals surface area contributed by atoms with Gasteiger partial charge in [-0.1, -0.05) is 52.0 Å². The molecule has 0 bridgehead atoms. The quantitative estimate of drug-likeness (QED) is 0.0805. The van der Waals surface area contributed by atoms with Crippen molar-refractivity contribution in [1.82, 2.24) is 45.4 Å². The highest BCUT2D eigenvalue weighted by Gasteiger charge is 2.31. The molecule has 0 saturated heterocycles. The van der Waals surface area contributed by atoms with Crippen LogP contribution in [-0.2, 0) is 38.6 Å². The third-order valence-corrected chi connectivity index (χ3v) is 9.12. The number of rotatable bonds is 7. The molecule has 2 aromatic carbocycles. The van der Waals surface area contributed by atoms with Crippen LogP contribution in [0.15, 0.2) is 54.1 Å². The van der Waals surface area contributed by atoms with Gasteiger partial charge in [-0.2, -0.15) is 0 Å². The number of ether oxygens (including phenoxy) is 2. The largest absolute Gasteiger partial charge is 0.465 e. The molecule has 2 aliphatic heterocycles. The number of methoxy groups -OCH3 is 2. The minimum atomic E-state index is -0.682. The fraction of sp³-hybridized carbons (Fsp3) is 0.375. The van der Waals surface area contributed by atoms with Gasteiger partial charge in [0, 0.05) is 31.0 Å². The molecule has 0 unspecified atom stereocenters. The van der Waals surface area contributed by atoms with E-state index in [1.165, 1.54) is 56.7 Å². The first-order chi connectivity index (χ1) is 27.3. The molecule has 7 rings (SSSR count). The number of carbonyl (C=O) groups is 4. The van der Waals surface area contributed by atoms with Gasteiger partial charge in [0.25, 0.3) is 0 Å². The van der Waals surface area contributed by atoms with Gasteiger partial charge in [0.1, 0.15) is 22.9 Å². The van der Waals surface area contributed by atoms with E-state index in [4.69, 9.17) is 9.72 Å². The Morgan fingerprint density at radius 2 is 1.37 bits per heavy atom. The Balaban J connectivity index is 0.000000182. The van der Waals surface area contributed by atoms with Crippen molar-refractivity contribution in [2.24, 2.45) is 5.92 Å². The molecule has 15 nitrogen and oxygen atoms in total.